The van der Waals surface area contributed by atoms with E-state index in [2.05, 4.69) is 0 Å². The van der Waals surface area contributed by atoms with Crippen LogP contribution in [0.4, 0.5) is 8.78 Å². The van der Waals surface area contributed by atoms with Crippen LogP contribution in [-0.2, 0) is 7.05 Å². The average Bonchev–Trinajstić information content (AvgIpc) is 2.59. The summed E-state index contributed by atoms with van der Waals surface area (Å²) in [4.78, 5) is 25.9. The molecule has 1 saturated heterocycles. The lowest BCUT2D eigenvalue weighted by Crippen LogP contribution is -2.39. The van der Waals surface area contributed by atoms with Gasteiger partial charge in [-0.25, -0.2) is 8.78 Å². The fraction of sp³-hybridized carbons (Fsp3) is 0.333. The average molecular weight is 332 g/mol. The number of likely N-dealkylation sites (tertiary alicyclic amines) is 1. The monoisotopic (exact) mass is 332 g/mol. The molecule has 0 bridgehead atoms. The Hall–Kier alpha value is -2.50. The molecule has 4 nitrogen and oxygen atoms in total. The van der Waals surface area contributed by atoms with Crippen molar-refractivity contribution in [2.75, 3.05) is 13.1 Å². The Morgan fingerprint density at radius 2 is 2.00 bits per heavy atom. The minimum absolute atomic E-state index is 0.245. The molecule has 6 heteroatoms. The first-order valence-corrected chi connectivity index (χ1v) is 7.86. The van der Waals surface area contributed by atoms with Gasteiger partial charge in [0.2, 0.25) is 0 Å². The topological polar surface area (TPSA) is 42.3 Å². The third kappa shape index (κ3) is 3.22. The molecule has 1 aliphatic heterocycles. The molecule has 1 amide bonds. The number of benzene rings is 1. The van der Waals surface area contributed by atoms with Crippen LogP contribution in [0.2, 0.25) is 0 Å². The molecule has 0 N–H and O–H groups in total. The van der Waals surface area contributed by atoms with Gasteiger partial charge in [0.1, 0.15) is 11.6 Å². The van der Waals surface area contributed by atoms with E-state index in [-0.39, 0.29) is 17.4 Å². The number of pyridine rings is 1. The Balaban J connectivity index is 1.82. The van der Waals surface area contributed by atoms with E-state index in [0.717, 1.165) is 12.1 Å². The molecule has 2 aromatic rings. The molecule has 1 aromatic heterocycles. The quantitative estimate of drug-likeness (QED) is 0.848. The lowest BCUT2D eigenvalue weighted by Gasteiger charge is -2.33. The second-order valence-corrected chi connectivity index (χ2v) is 6.12. The van der Waals surface area contributed by atoms with Gasteiger partial charge in [0.15, 0.2) is 0 Å². The third-order valence-corrected chi connectivity index (χ3v) is 4.46. The van der Waals surface area contributed by atoms with Crippen molar-refractivity contribution in [3.63, 3.8) is 0 Å². The molecule has 0 saturated carbocycles. The van der Waals surface area contributed by atoms with E-state index in [1.807, 2.05) is 0 Å². The van der Waals surface area contributed by atoms with Gasteiger partial charge in [-0.1, -0.05) is 0 Å². The van der Waals surface area contributed by atoms with Crippen LogP contribution in [0.1, 0.15) is 34.7 Å². The van der Waals surface area contributed by atoms with Crippen LogP contribution in [0.3, 0.4) is 0 Å². The fourth-order valence-electron chi connectivity index (χ4n) is 3.11. The molecule has 0 unspecified atom stereocenters. The van der Waals surface area contributed by atoms with Gasteiger partial charge in [-0.3, -0.25) is 9.59 Å². The number of nitrogens with zero attached hydrogens (tertiary/aromatic N) is 2. The lowest BCUT2D eigenvalue weighted by atomic mass is 9.90. The van der Waals surface area contributed by atoms with Crippen molar-refractivity contribution in [2.45, 2.75) is 18.8 Å². The van der Waals surface area contributed by atoms with Crippen molar-refractivity contribution in [1.29, 1.82) is 0 Å². The first kappa shape index (κ1) is 16.4. The first-order chi connectivity index (χ1) is 11.5. The van der Waals surface area contributed by atoms with Crippen molar-refractivity contribution >= 4 is 5.91 Å². The van der Waals surface area contributed by atoms with Crippen LogP contribution >= 0.6 is 0 Å². The fourth-order valence-corrected chi connectivity index (χ4v) is 3.11. The highest BCUT2D eigenvalue weighted by Crippen LogP contribution is 2.29. The van der Waals surface area contributed by atoms with Crippen molar-refractivity contribution in [1.82, 2.24) is 9.47 Å². The summed E-state index contributed by atoms with van der Waals surface area (Å²) in [6.07, 6.45) is 2.95. The Kier molecular flexibility index (Phi) is 4.46. The number of carbonyl (C=O) groups excluding carboxylic acids is 1. The van der Waals surface area contributed by atoms with E-state index < -0.39 is 11.6 Å². The maximum absolute atomic E-state index is 14.0. The molecule has 0 spiro atoms. The molecule has 0 aliphatic carbocycles. The molecule has 126 valence electrons. The molecule has 2 heterocycles. The van der Waals surface area contributed by atoms with Crippen LogP contribution in [0.25, 0.3) is 0 Å². The number of piperidine rings is 1. The number of hydrogen-bond donors (Lipinski definition) is 0. The Bertz CT molecular complexity index is 832. The number of halogens is 2. The normalized spacial score (nSPS) is 17.8. The summed E-state index contributed by atoms with van der Waals surface area (Å²) in [5.41, 5.74) is 0.362. The van der Waals surface area contributed by atoms with E-state index in [4.69, 9.17) is 0 Å². The number of aromatic nitrogens is 1. The molecular formula is C18H18F2N2O2. The second kappa shape index (κ2) is 6.55. The lowest BCUT2D eigenvalue weighted by molar-refractivity contribution is 0.0705. The van der Waals surface area contributed by atoms with Crippen LogP contribution in [0.5, 0.6) is 0 Å². The van der Waals surface area contributed by atoms with Gasteiger partial charge in [-0.15, -0.1) is 0 Å². The van der Waals surface area contributed by atoms with Crippen LogP contribution in [0.15, 0.2) is 41.3 Å². The Morgan fingerprint density at radius 3 is 2.75 bits per heavy atom. The standard InChI is InChI=1S/C18H18F2N2O2/c1-21-8-6-12(9-17(21)23)18(24)22-7-2-3-13(11-22)15-10-14(19)4-5-16(15)20/h4-6,8-10,13H,2-3,7,11H2,1H3/t13-/m0/s1. The van der Waals surface area contributed by atoms with E-state index in [9.17, 15) is 18.4 Å². The van der Waals surface area contributed by atoms with E-state index in [0.29, 0.717) is 37.1 Å². The number of hydrogen-bond acceptors (Lipinski definition) is 2. The largest absolute Gasteiger partial charge is 0.338 e. The zero-order valence-corrected chi connectivity index (χ0v) is 13.3. The maximum atomic E-state index is 14.0. The molecule has 1 fully saturated rings. The summed E-state index contributed by atoms with van der Waals surface area (Å²) in [6, 6.07) is 6.30. The first-order valence-electron chi connectivity index (χ1n) is 7.86. The van der Waals surface area contributed by atoms with Crippen molar-refractivity contribution in [3.05, 3.63) is 69.6 Å². The highest BCUT2D eigenvalue weighted by molar-refractivity contribution is 5.94. The molecule has 1 aromatic carbocycles. The van der Waals surface area contributed by atoms with Crippen LogP contribution in [-0.4, -0.2) is 28.5 Å². The summed E-state index contributed by atoms with van der Waals surface area (Å²) in [7, 11) is 1.61. The summed E-state index contributed by atoms with van der Waals surface area (Å²) in [5, 5.41) is 0. The number of amides is 1. The van der Waals surface area contributed by atoms with Crippen molar-refractivity contribution in [2.24, 2.45) is 7.05 Å². The zero-order chi connectivity index (χ0) is 17.3. The van der Waals surface area contributed by atoms with E-state index in [1.165, 1.54) is 16.7 Å². The van der Waals surface area contributed by atoms with E-state index >= 15 is 0 Å². The predicted octanol–water partition coefficient (Wildman–Crippen LogP) is 2.68. The molecule has 1 atom stereocenters. The van der Waals surface area contributed by atoms with Gasteiger partial charge >= 0.3 is 0 Å². The molecule has 1 aliphatic rings. The van der Waals surface area contributed by atoms with Gasteiger partial charge < -0.3 is 9.47 Å². The van der Waals surface area contributed by atoms with Crippen molar-refractivity contribution in [3.8, 4) is 0 Å². The second-order valence-electron chi connectivity index (χ2n) is 6.12. The molecule has 24 heavy (non-hydrogen) atoms. The number of aryl methyl sites for hydroxylation is 1. The predicted molar refractivity (Wildman–Crippen MR) is 85.9 cm³/mol. The summed E-state index contributed by atoms with van der Waals surface area (Å²) in [6.45, 7) is 0.857. The van der Waals surface area contributed by atoms with Gasteiger partial charge in [0.25, 0.3) is 11.5 Å². The Morgan fingerprint density at radius 1 is 1.21 bits per heavy atom. The molecule has 0 radical (unpaired) electrons. The molecular weight excluding hydrogens is 314 g/mol. The zero-order valence-electron chi connectivity index (χ0n) is 13.3. The third-order valence-electron chi connectivity index (χ3n) is 4.46. The number of carbonyl (C=O) groups is 1. The summed E-state index contributed by atoms with van der Waals surface area (Å²) >= 11 is 0. The smallest absolute Gasteiger partial charge is 0.254 e. The van der Waals surface area contributed by atoms with Gasteiger partial charge in [-0.05, 0) is 42.7 Å². The highest BCUT2D eigenvalue weighted by Gasteiger charge is 2.27. The van der Waals surface area contributed by atoms with Crippen LogP contribution in [0, 0.1) is 11.6 Å². The number of rotatable bonds is 2. The van der Waals surface area contributed by atoms with Crippen molar-refractivity contribution < 1.29 is 13.6 Å². The highest BCUT2D eigenvalue weighted by atomic mass is 19.1. The summed E-state index contributed by atoms with van der Waals surface area (Å²) < 4.78 is 28.8. The minimum atomic E-state index is -0.485. The minimum Gasteiger partial charge on any atom is -0.338 e. The van der Waals surface area contributed by atoms with Crippen LogP contribution < -0.4 is 5.56 Å². The summed E-state index contributed by atoms with van der Waals surface area (Å²) in [5.74, 6) is -1.44. The molecule has 3 rings (SSSR count). The maximum Gasteiger partial charge on any atom is 0.254 e. The van der Waals surface area contributed by atoms with Gasteiger partial charge in [0, 0.05) is 43.9 Å². The van der Waals surface area contributed by atoms with Gasteiger partial charge in [0.05, 0.1) is 0 Å². The SMILES string of the molecule is Cn1ccc(C(=O)N2CCC[C@H](c3cc(F)ccc3F)C2)cc1=O. The van der Waals surface area contributed by atoms with E-state index in [1.54, 1.807) is 24.2 Å². The Labute approximate surface area is 138 Å². The van der Waals surface area contributed by atoms with Gasteiger partial charge in [-0.2, -0.15) is 0 Å².